The van der Waals surface area contributed by atoms with Gasteiger partial charge in [0.25, 0.3) is 0 Å². The van der Waals surface area contributed by atoms with Crippen LogP contribution in [0.25, 0.3) is 0 Å². The molecule has 114 valence electrons. The molecule has 2 heterocycles. The molecule has 0 unspecified atom stereocenters. The van der Waals surface area contributed by atoms with Gasteiger partial charge in [0, 0.05) is 25.2 Å². The number of carbonyl (C=O) groups excluding carboxylic acids is 1. The molecule has 5 heteroatoms. The monoisotopic (exact) mass is 296 g/mol. The molecule has 1 aliphatic heterocycles. The number of primary amides is 1. The minimum absolute atomic E-state index is 0.404. The van der Waals surface area contributed by atoms with E-state index in [9.17, 15) is 4.79 Å². The summed E-state index contributed by atoms with van der Waals surface area (Å²) in [6, 6.07) is 11.4. The van der Waals surface area contributed by atoms with Crippen molar-refractivity contribution in [3.8, 4) is 0 Å². The average molecular weight is 296 g/mol. The summed E-state index contributed by atoms with van der Waals surface area (Å²) in [6.07, 6.45) is 4.35. The van der Waals surface area contributed by atoms with E-state index in [2.05, 4.69) is 15.2 Å². The summed E-state index contributed by atoms with van der Waals surface area (Å²) in [5.41, 5.74) is 7.80. The minimum atomic E-state index is -0.404. The number of nitrogens with two attached hydrogens (primary N) is 1. The molecule has 1 aromatic heterocycles. The van der Waals surface area contributed by atoms with Gasteiger partial charge in [-0.1, -0.05) is 12.1 Å². The van der Waals surface area contributed by atoms with Crippen LogP contribution in [-0.4, -0.2) is 24.0 Å². The number of nitrogens with zero attached hydrogens (tertiary/aromatic N) is 2. The first-order chi connectivity index (χ1) is 10.7. The van der Waals surface area contributed by atoms with Gasteiger partial charge in [0.2, 0.25) is 5.91 Å². The summed E-state index contributed by atoms with van der Waals surface area (Å²) < 4.78 is 0. The van der Waals surface area contributed by atoms with Crippen molar-refractivity contribution >= 4 is 17.4 Å². The second-order valence-electron chi connectivity index (χ2n) is 5.52. The summed E-state index contributed by atoms with van der Waals surface area (Å²) >= 11 is 0. The van der Waals surface area contributed by atoms with Gasteiger partial charge in [0.15, 0.2) is 0 Å². The van der Waals surface area contributed by atoms with E-state index in [1.807, 2.05) is 30.5 Å². The van der Waals surface area contributed by atoms with Crippen molar-refractivity contribution in [2.75, 3.05) is 23.3 Å². The third kappa shape index (κ3) is 3.36. The number of rotatable bonds is 5. The van der Waals surface area contributed by atoms with Crippen LogP contribution in [0.5, 0.6) is 0 Å². The number of amides is 1. The predicted octanol–water partition coefficient (Wildman–Crippen LogP) is 2.39. The van der Waals surface area contributed by atoms with Crippen molar-refractivity contribution in [2.24, 2.45) is 5.73 Å². The van der Waals surface area contributed by atoms with E-state index in [1.165, 1.54) is 12.8 Å². The molecule has 1 aromatic carbocycles. The lowest BCUT2D eigenvalue weighted by Crippen LogP contribution is -2.18. The minimum Gasteiger partial charge on any atom is -0.380 e. The highest BCUT2D eigenvalue weighted by atomic mass is 16.1. The average Bonchev–Trinajstić information content (AvgIpc) is 3.08. The van der Waals surface area contributed by atoms with Crippen LogP contribution in [0, 0.1) is 0 Å². The Morgan fingerprint density at radius 2 is 2.05 bits per heavy atom. The van der Waals surface area contributed by atoms with Gasteiger partial charge in [0.05, 0.1) is 11.9 Å². The summed E-state index contributed by atoms with van der Waals surface area (Å²) in [5, 5.41) is 3.31. The maximum absolute atomic E-state index is 11.2. The van der Waals surface area contributed by atoms with Gasteiger partial charge in [-0.15, -0.1) is 0 Å². The van der Waals surface area contributed by atoms with Gasteiger partial charge < -0.3 is 16.0 Å². The highest BCUT2D eigenvalue weighted by Gasteiger charge is 2.12. The van der Waals surface area contributed by atoms with Crippen molar-refractivity contribution in [1.82, 2.24) is 4.98 Å². The van der Waals surface area contributed by atoms with Gasteiger partial charge in [-0.3, -0.25) is 4.79 Å². The first-order valence-corrected chi connectivity index (χ1v) is 7.56. The Bertz CT molecular complexity index is 648. The summed E-state index contributed by atoms with van der Waals surface area (Å²) in [7, 11) is 0. The SMILES string of the molecule is NC(=O)c1cccc(CNc2ccc(N3CCCC3)nc2)c1. The lowest BCUT2D eigenvalue weighted by atomic mass is 10.1. The lowest BCUT2D eigenvalue weighted by Gasteiger charge is -2.16. The molecule has 5 nitrogen and oxygen atoms in total. The van der Waals surface area contributed by atoms with Crippen LogP contribution in [0.4, 0.5) is 11.5 Å². The smallest absolute Gasteiger partial charge is 0.248 e. The van der Waals surface area contributed by atoms with Crippen LogP contribution in [0.1, 0.15) is 28.8 Å². The molecular weight excluding hydrogens is 276 g/mol. The molecule has 0 aliphatic carbocycles. The van der Waals surface area contributed by atoms with Crippen LogP contribution in [0.15, 0.2) is 42.6 Å². The Balaban J connectivity index is 1.61. The van der Waals surface area contributed by atoms with Crippen molar-refractivity contribution in [3.05, 3.63) is 53.7 Å². The number of hydrogen-bond donors (Lipinski definition) is 2. The second-order valence-corrected chi connectivity index (χ2v) is 5.52. The molecule has 0 spiro atoms. The van der Waals surface area contributed by atoms with E-state index in [0.717, 1.165) is 30.2 Å². The van der Waals surface area contributed by atoms with Gasteiger partial charge in [0.1, 0.15) is 5.82 Å². The standard InChI is InChI=1S/C17H20N4O/c18-17(22)14-5-3-4-13(10-14)11-19-15-6-7-16(20-12-15)21-8-1-2-9-21/h3-7,10,12,19H,1-2,8-9,11H2,(H2,18,22). The molecule has 0 bridgehead atoms. The number of aromatic nitrogens is 1. The van der Waals surface area contributed by atoms with Crippen LogP contribution < -0.4 is 16.0 Å². The molecule has 1 aliphatic rings. The zero-order chi connectivity index (χ0) is 15.4. The topological polar surface area (TPSA) is 71.2 Å². The van der Waals surface area contributed by atoms with Crippen LogP contribution >= 0.6 is 0 Å². The van der Waals surface area contributed by atoms with E-state index in [4.69, 9.17) is 5.73 Å². The van der Waals surface area contributed by atoms with E-state index in [-0.39, 0.29) is 0 Å². The zero-order valence-electron chi connectivity index (χ0n) is 12.5. The van der Waals surface area contributed by atoms with E-state index >= 15 is 0 Å². The van der Waals surface area contributed by atoms with Gasteiger partial charge in [-0.2, -0.15) is 0 Å². The molecule has 0 saturated carbocycles. The Kier molecular flexibility index (Phi) is 4.23. The van der Waals surface area contributed by atoms with Crippen molar-refractivity contribution in [1.29, 1.82) is 0 Å². The summed E-state index contributed by atoms with van der Waals surface area (Å²) in [6.45, 7) is 2.82. The fourth-order valence-corrected chi connectivity index (χ4v) is 2.66. The first-order valence-electron chi connectivity index (χ1n) is 7.56. The maximum atomic E-state index is 11.2. The third-order valence-electron chi connectivity index (χ3n) is 3.89. The second kappa shape index (κ2) is 6.47. The molecule has 3 rings (SSSR count). The van der Waals surface area contributed by atoms with Crippen molar-refractivity contribution in [2.45, 2.75) is 19.4 Å². The quantitative estimate of drug-likeness (QED) is 0.888. The molecular formula is C17H20N4O. The zero-order valence-corrected chi connectivity index (χ0v) is 12.5. The van der Waals surface area contributed by atoms with Gasteiger partial charge in [-0.25, -0.2) is 4.98 Å². The maximum Gasteiger partial charge on any atom is 0.248 e. The van der Waals surface area contributed by atoms with Crippen molar-refractivity contribution in [3.63, 3.8) is 0 Å². The van der Waals surface area contributed by atoms with Gasteiger partial charge >= 0.3 is 0 Å². The highest BCUT2D eigenvalue weighted by molar-refractivity contribution is 5.92. The molecule has 1 amide bonds. The molecule has 22 heavy (non-hydrogen) atoms. The molecule has 1 fully saturated rings. The number of hydrogen-bond acceptors (Lipinski definition) is 4. The fraction of sp³-hybridized carbons (Fsp3) is 0.294. The number of benzene rings is 1. The molecule has 3 N–H and O–H groups in total. The number of anilines is 2. The van der Waals surface area contributed by atoms with Crippen LogP contribution in [0.3, 0.4) is 0 Å². The number of nitrogens with one attached hydrogen (secondary N) is 1. The van der Waals surface area contributed by atoms with E-state index < -0.39 is 5.91 Å². The number of pyridine rings is 1. The Hall–Kier alpha value is -2.56. The number of carbonyl (C=O) groups is 1. The normalized spacial score (nSPS) is 14.1. The van der Waals surface area contributed by atoms with Crippen LogP contribution in [0.2, 0.25) is 0 Å². The largest absolute Gasteiger partial charge is 0.380 e. The fourth-order valence-electron chi connectivity index (χ4n) is 2.66. The van der Waals surface area contributed by atoms with E-state index in [1.54, 1.807) is 12.1 Å². The van der Waals surface area contributed by atoms with Gasteiger partial charge in [-0.05, 0) is 42.7 Å². The Morgan fingerprint density at radius 1 is 1.23 bits per heavy atom. The lowest BCUT2D eigenvalue weighted by molar-refractivity contribution is 0.1000. The summed E-state index contributed by atoms with van der Waals surface area (Å²) in [5.74, 6) is 0.636. The Labute approximate surface area is 130 Å². The van der Waals surface area contributed by atoms with E-state index in [0.29, 0.717) is 12.1 Å². The Morgan fingerprint density at radius 3 is 2.73 bits per heavy atom. The molecule has 2 aromatic rings. The molecule has 0 radical (unpaired) electrons. The van der Waals surface area contributed by atoms with Crippen molar-refractivity contribution < 1.29 is 4.79 Å². The highest BCUT2D eigenvalue weighted by Crippen LogP contribution is 2.19. The first kappa shape index (κ1) is 14.4. The van der Waals surface area contributed by atoms with Crippen LogP contribution in [-0.2, 0) is 6.54 Å². The summed E-state index contributed by atoms with van der Waals surface area (Å²) in [4.78, 5) is 18.0. The molecule has 1 saturated heterocycles. The predicted molar refractivity (Wildman–Crippen MR) is 88.0 cm³/mol. The third-order valence-corrected chi connectivity index (χ3v) is 3.89. The molecule has 0 atom stereocenters.